The molecule has 0 aliphatic rings. The van der Waals surface area contributed by atoms with Crippen molar-refractivity contribution in [3.63, 3.8) is 0 Å². The van der Waals surface area contributed by atoms with Crippen LogP contribution < -0.4 is 10.6 Å². The average molecular weight is 235 g/mol. The molecule has 0 spiro atoms. The Morgan fingerprint density at radius 2 is 1.88 bits per heavy atom. The minimum Gasteiger partial charge on any atom is -0.337 e. The predicted molar refractivity (Wildman–Crippen MR) is 69.9 cm³/mol. The summed E-state index contributed by atoms with van der Waals surface area (Å²) in [5, 5.41) is 6.17. The van der Waals surface area contributed by atoms with Crippen LogP contribution in [0.4, 0.5) is 4.79 Å². The largest absolute Gasteiger partial charge is 0.337 e. The van der Waals surface area contributed by atoms with Crippen molar-refractivity contribution in [2.75, 3.05) is 27.2 Å². The van der Waals surface area contributed by atoms with E-state index in [-0.39, 0.29) is 6.03 Å². The highest BCUT2D eigenvalue weighted by Gasteiger charge is 2.04. The maximum Gasteiger partial charge on any atom is 0.316 e. The van der Waals surface area contributed by atoms with E-state index in [4.69, 9.17) is 0 Å². The Morgan fingerprint density at radius 1 is 1.24 bits per heavy atom. The lowest BCUT2D eigenvalue weighted by Crippen LogP contribution is -2.38. The van der Waals surface area contributed by atoms with Crippen LogP contribution in [0.15, 0.2) is 30.3 Å². The number of benzene rings is 1. The van der Waals surface area contributed by atoms with Gasteiger partial charge in [-0.25, -0.2) is 4.79 Å². The fourth-order valence-corrected chi connectivity index (χ4v) is 1.48. The summed E-state index contributed by atoms with van der Waals surface area (Å²) in [7, 11) is 3.46. The van der Waals surface area contributed by atoms with Crippen LogP contribution in [0.3, 0.4) is 0 Å². The zero-order chi connectivity index (χ0) is 12.7. The van der Waals surface area contributed by atoms with E-state index in [1.165, 1.54) is 10.5 Å². The van der Waals surface area contributed by atoms with Gasteiger partial charge in [0.25, 0.3) is 0 Å². The SMILES string of the molecule is CC(NCCNC(=O)N(C)C)c1ccccc1. The van der Waals surface area contributed by atoms with Crippen LogP contribution in [0.2, 0.25) is 0 Å². The normalized spacial score (nSPS) is 11.9. The first-order valence-electron chi connectivity index (χ1n) is 5.84. The number of hydrogen-bond acceptors (Lipinski definition) is 2. The molecule has 0 radical (unpaired) electrons. The Balaban J connectivity index is 2.21. The van der Waals surface area contributed by atoms with Crippen LogP contribution in [-0.4, -0.2) is 38.1 Å². The minimum absolute atomic E-state index is 0.0563. The maximum absolute atomic E-state index is 11.2. The number of carbonyl (C=O) groups is 1. The van der Waals surface area contributed by atoms with Gasteiger partial charge >= 0.3 is 6.03 Å². The summed E-state index contributed by atoms with van der Waals surface area (Å²) in [5.41, 5.74) is 1.26. The Bertz CT molecular complexity index is 338. The maximum atomic E-state index is 11.2. The number of nitrogens with one attached hydrogen (secondary N) is 2. The Morgan fingerprint density at radius 3 is 2.47 bits per heavy atom. The highest BCUT2D eigenvalue weighted by Crippen LogP contribution is 2.09. The smallest absolute Gasteiger partial charge is 0.316 e. The van der Waals surface area contributed by atoms with Gasteiger partial charge < -0.3 is 15.5 Å². The van der Waals surface area contributed by atoms with Crippen molar-refractivity contribution in [2.24, 2.45) is 0 Å². The first-order valence-corrected chi connectivity index (χ1v) is 5.84. The molecule has 2 N–H and O–H groups in total. The lowest BCUT2D eigenvalue weighted by atomic mass is 10.1. The molecule has 0 fully saturated rings. The van der Waals surface area contributed by atoms with Crippen molar-refractivity contribution < 1.29 is 4.79 Å². The van der Waals surface area contributed by atoms with E-state index in [1.54, 1.807) is 14.1 Å². The van der Waals surface area contributed by atoms with Crippen LogP contribution in [-0.2, 0) is 0 Å². The van der Waals surface area contributed by atoms with Crippen molar-refractivity contribution in [2.45, 2.75) is 13.0 Å². The number of carbonyl (C=O) groups excluding carboxylic acids is 1. The molecule has 1 unspecified atom stereocenters. The van der Waals surface area contributed by atoms with Gasteiger partial charge in [0.15, 0.2) is 0 Å². The van der Waals surface area contributed by atoms with Crippen molar-refractivity contribution in [3.05, 3.63) is 35.9 Å². The second kappa shape index (κ2) is 6.91. The minimum atomic E-state index is -0.0563. The average Bonchev–Trinajstić information content (AvgIpc) is 2.35. The van der Waals surface area contributed by atoms with Gasteiger partial charge in [-0.05, 0) is 12.5 Å². The molecule has 0 bridgehead atoms. The molecular formula is C13H21N3O. The van der Waals surface area contributed by atoms with E-state index in [2.05, 4.69) is 29.7 Å². The van der Waals surface area contributed by atoms with Crippen LogP contribution in [0.1, 0.15) is 18.5 Å². The van der Waals surface area contributed by atoms with Gasteiger partial charge in [0.1, 0.15) is 0 Å². The molecule has 0 aliphatic heterocycles. The van der Waals surface area contributed by atoms with Gasteiger partial charge in [0.05, 0.1) is 0 Å². The lowest BCUT2D eigenvalue weighted by molar-refractivity contribution is 0.217. The molecule has 1 rings (SSSR count). The first-order chi connectivity index (χ1) is 8.11. The number of nitrogens with zero attached hydrogens (tertiary/aromatic N) is 1. The fourth-order valence-electron chi connectivity index (χ4n) is 1.48. The van der Waals surface area contributed by atoms with Crippen LogP contribution in [0.25, 0.3) is 0 Å². The van der Waals surface area contributed by atoms with Gasteiger partial charge in [-0.2, -0.15) is 0 Å². The summed E-state index contributed by atoms with van der Waals surface area (Å²) in [6.07, 6.45) is 0. The topological polar surface area (TPSA) is 44.4 Å². The zero-order valence-corrected chi connectivity index (χ0v) is 10.7. The second-order valence-electron chi connectivity index (χ2n) is 4.21. The molecule has 4 nitrogen and oxygen atoms in total. The van der Waals surface area contributed by atoms with E-state index < -0.39 is 0 Å². The van der Waals surface area contributed by atoms with Crippen molar-refractivity contribution >= 4 is 6.03 Å². The third kappa shape index (κ3) is 4.87. The quantitative estimate of drug-likeness (QED) is 0.762. The summed E-state index contributed by atoms with van der Waals surface area (Å²) in [6, 6.07) is 10.5. The predicted octanol–water partition coefficient (Wildman–Crippen LogP) is 1.61. The van der Waals surface area contributed by atoms with Crippen LogP contribution in [0.5, 0.6) is 0 Å². The molecule has 1 aromatic carbocycles. The third-order valence-electron chi connectivity index (χ3n) is 2.56. The fraction of sp³-hybridized carbons (Fsp3) is 0.462. The highest BCUT2D eigenvalue weighted by molar-refractivity contribution is 5.73. The van der Waals surface area contributed by atoms with Crippen LogP contribution in [0, 0.1) is 0 Å². The number of urea groups is 1. The molecule has 4 heteroatoms. The highest BCUT2D eigenvalue weighted by atomic mass is 16.2. The summed E-state index contributed by atoms with van der Waals surface area (Å²) in [5.74, 6) is 0. The van der Waals surface area contributed by atoms with E-state index in [1.807, 2.05) is 18.2 Å². The molecule has 94 valence electrons. The van der Waals surface area contributed by atoms with Gasteiger partial charge in [-0.1, -0.05) is 30.3 Å². The van der Waals surface area contributed by atoms with Crippen LogP contribution >= 0.6 is 0 Å². The Kier molecular flexibility index (Phi) is 5.49. The van der Waals surface area contributed by atoms with E-state index in [0.29, 0.717) is 12.6 Å². The Labute approximate surface area is 103 Å². The van der Waals surface area contributed by atoms with Crippen molar-refractivity contribution in [1.29, 1.82) is 0 Å². The standard InChI is InChI=1S/C13H21N3O/c1-11(12-7-5-4-6-8-12)14-9-10-15-13(17)16(2)3/h4-8,11,14H,9-10H2,1-3H3,(H,15,17). The molecule has 1 aromatic rings. The molecule has 0 aromatic heterocycles. The zero-order valence-electron chi connectivity index (χ0n) is 10.7. The first kappa shape index (κ1) is 13.5. The molecule has 1 atom stereocenters. The molecule has 2 amide bonds. The number of hydrogen-bond donors (Lipinski definition) is 2. The second-order valence-corrected chi connectivity index (χ2v) is 4.21. The van der Waals surface area contributed by atoms with Gasteiger partial charge in [0.2, 0.25) is 0 Å². The number of rotatable bonds is 5. The molecule has 17 heavy (non-hydrogen) atoms. The molecule has 0 saturated heterocycles. The lowest BCUT2D eigenvalue weighted by Gasteiger charge is -2.16. The van der Waals surface area contributed by atoms with Crippen molar-refractivity contribution in [3.8, 4) is 0 Å². The van der Waals surface area contributed by atoms with E-state index >= 15 is 0 Å². The Hall–Kier alpha value is -1.55. The number of amides is 2. The summed E-state index contributed by atoms with van der Waals surface area (Å²) in [6.45, 7) is 3.51. The van der Waals surface area contributed by atoms with Gasteiger partial charge in [-0.3, -0.25) is 0 Å². The van der Waals surface area contributed by atoms with E-state index in [9.17, 15) is 4.79 Å². The summed E-state index contributed by atoms with van der Waals surface area (Å²) < 4.78 is 0. The van der Waals surface area contributed by atoms with Gasteiger partial charge in [-0.15, -0.1) is 0 Å². The molecule has 0 saturated carbocycles. The summed E-state index contributed by atoms with van der Waals surface area (Å²) in [4.78, 5) is 12.8. The monoisotopic (exact) mass is 235 g/mol. The molecule has 0 aliphatic carbocycles. The van der Waals surface area contributed by atoms with E-state index in [0.717, 1.165) is 6.54 Å². The van der Waals surface area contributed by atoms with Crippen molar-refractivity contribution in [1.82, 2.24) is 15.5 Å². The molecular weight excluding hydrogens is 214 g/mol. The third-order valence-corrected chi connectivity index (χ3v) is 2.56. The molecule has 0 heterocycles. The summed E-state index contributed by atoms with van der Waals surface area (Å²) >= 11 is 0. The van der Waals surface area contributed by atoms with Gasteiger partial charge in [0, 0.05) is 33.2 Å².